The topological polar surface area (TPSA) is 54.5 Å². The molecule has 2 heterocycles. The zero-order valence-corrected chi connectivity index (χ0v) is 13.1. The largest absolute Gasteiger partial charge is 0.453 e. The molecule has 1 aliphatic heterocycles. The number of rotatable bonds is 3. The van der Waals surface area contributed by atoms with Gasteiger partial charge in [0, 0.05) is 37.3 Å². The number of piperidine rings is 1. The van der Waals surface area contributed by atoms with Crippen molar-refractivity contribution in [3.05, 3.63) is 41.8 Å². The summed E-state index contributed by atoms with van der Waals surface area (Å²) in [4.78, 5) is 17.7. The lowest BCUT2D eigenvalue weighted by Gasteiger charge is -2.32. The number of benzene rings is 1. The van der Waals surface area contributed by atoms with E-state index in [9.17, 15) is 9.18 Å². The Kier molecular flexibility index (Phi) is 4.71. The third kappa shape index (κ3) is 3.59. The summed E-state index contributed by atoms with van der Waals surface area (Å²) in [5.41, 5.74) is 1.64. The van der Waals surface area contributed by atoms with Crippen molar-refractivity contribution < 1.29 is 13.9 Å². The summed E-state index contributed by atoms with van der Waals surface area (Å²) in [6.07, 6.45) is 3.32. The number of carbonyl (C=O) groups is 1. The summed E-state index contributed by atoms with van der Waals surface area (Å²) in [5, 5.41) is 4.21. The molecule has 0 spiro atoms. The molecule has 1 fully saturated rings. The van der Waals surface area contributed by atoms with Crippen molar-refractivity contribution in [2.45, 2.75) is 25.4 Å². The molecule has 1 amide bonds. The number of methoxy groups -OCH3 is 1. The van der Waals surface area contributed by atoms with Gasteiger partial charge in [0.25, 0.3) is 0 Å². The second-order valence-electron chi connectivity index (χ2n) is 5.78. The van der Waals surface area contributed by atoms with Crippen molar-refractivity contribution in [3.63, 3.8) is 0 Å². The Morgan fingerprint density at radius 1 is 1.52 bits per heavy atom. The van der Waals surface area contributed by atoms with Gasteiger partial charge in [0.2, 0.25) is 0 Å². The molecule has 5 nitrogen and oxygen atoms in total. The molecule has 1 atom stereocenters. The van der Waals surface area contributed by atoms with Crippen LogP contribution in [0.25, 0.3) is 10.9 Å². The minimum Gasteiger partial charge on any atom is -0.453 e. The number of amides is 1. The van der Waals surface area contributed by atoms with Crippen LogP contribution in [0.3, 0.4) is 0 Å². The highest BCUT2D eigenvalue weighted by atomic mass is 19.1. The molecule has 1 aromatic heterocycles. The lowest BCUT2D eigenvalue weighted by molar-refractivity contribution is 0.107. The van der Waals surface area contributed by atoms with Gasteiger partial charge in [-0.1, -0.05) is 6.07 Å². The van der Waals surface area contributed by atoms with E-state index in [4.69, 9.17) is 4.74 Å². The zero-order valence-electron chi connectivity index (χ0n) is 13.1. The van der Waals surface area contributed by atoms with Gasteiger partial charge in [0.15, 0.2) is 0 Å². The summed E-state index contributed by atoms with van der Waals surface area (Å²) in [6.45, 7) is 1.84. The molecule has 1 N–H and O–H groups in total. The predicted octanol–water partition coefficient (Wildman–Crippen LogP) is 2.69. The summed E-state index contributed by atoms with van der Waals surface area (Å²) >= 11 is 0. The number of likely N-dealkylation sites (tertiary alicyclic amines) is 1. The number of fused-ring (bicyclic) bond motifs is 1. The molecule has 0 saturated carbocycles. The Balaban J connectivity index is 1.70. The summed E-state index contributed by atoms with van der Waals surface area (Å²) < 4.78 is 18.5. The molecular formula is C17H20FN3O2. The molecule has 3 rings (SSSR count). The van der Waals surface area contributed by atoms with Gasteiger partial charge in [0.1, 0.15) is 5.82 Å². The highest BCUT2D eigenvalue weighted by molar-refractivity contribution is 5.81. The van der Waals surface area contributed by atoms with Gasteiger partial charge < -0.3 is 15.0 Å². The van der Waals surface area contributed by atoms with Crippen LogP contribution in [0.4, 0.5) is 9.18 Å². The molecule has 0 bridgehead atoms. The van der Waals surface area contributed by atoms with E-state index in [1.165, 1.54) is 19.2 Å². The fraction of sp³-hybridized carbons (Fsp3) is 0.412. The summed E-state index contributed by atoms with van der Waals surface area (Å²) in [5.74, 6) is -0.262. The minimum atomic E-state index is -0.297. The molecule has 23 heavy (non-hydrogen) atoms. The van der Waals surface area contributed by atoms with Crippen LogP contribution in [0.1, 0.15) is 18.4 Å². The Labute approximate surface area is 134 Å². The van der Waals surface area contributed by atoms with Gasteiger partial charge in [-0.15, -0.1) is 0 Å². The first-order valence-corrected chi connectivity index (χ1v) is 7.77. The van der Waals surface area contributed by atoms with Crippen LogP contribution >= 0.6 is 0 Å². The first-order chi connectivity index (χ1) is 11.2. The number of halogens is 1. The van der Waals surface area contributed by atoms with E-state index in [0.717, 1.165) is 35.9 Å². The Morgan fingerprint density at radius 3 is 3.22 bits per heavy atom. The SMILES string of the molecule is COC(=O)N1CCC[C@@H](NCc2cc(F)cc3cccnc23)C1. The second-order valence-corrected chi connectivity index (χ2v) is 5.78. The van der Waals surface area contributed by atoms with Crippen LogP contribution in [0.15, 0.2) is 30.5 Å². The number of nitrogens with one attached hydrogen (secondary N) is 1. The molecule has 1 aliphatic rings. The lowest BCUT2D eigenvalue weighted by atomic mass is 10.0. The Hall–Kier alpha value is -2.21. The predicted molar refractivity (Wildman–Crippen MR) is 85.5 cm³/mol. The number of nitrogens with zero attached hydrogens (tertiary/aromatic N) is 2. The van der Waals surface area contributed by atoms with Crippen molar-refractivity contribution >= 4 is 17.0 Å². The van der Waals surface area contributed by atoms with E-state index < -0.39 is 0 Å². The van der Waals surface area contributed by atoms with Gasteiger partial charge in [-0.3, -0.25) is 4.98 Å². The Morgan fingerprint density at radius 2 is 2.39 bits per heavy atom. The molecular weight excluding hydrogens is 297 g/mol. The first kappa shape index (κ1) is 15.7. The van der Waals surface area contributed by atoms with Crippen LogP contribution in [0.2, 0.25) is 0 Å². The van der Waals surface area contributed by atoms with Gasteiger partial charge in [-0.2, -0.15) is 0 Å². The molecule has 1 saturated heterocycles. The van der Waals surface area contributed by atoms with Gasteiger partial charge in [-0.25, -0.2) is 9.18 Å². The van der Waals surface area contributed by atoms with Gasteiger partial charge in [-0.05, 0) is 36.6 Å². The Bertz CT molecular complexity index is 707. The molecule has 0 aliphatic carbocycles. The molecule has 1 aromatic carbocycles. The van der Waals surface area contributed by atoms with E-state index in [1.54, 1.807) is 17.2 Å². The fourth-order valence-electron chi connectivity index (χ4n) is 3.06. The monoisotopic (exact) mass is 317 g/mol. The van der Waals surface area contributed by atoms with Crippen LogP contribution < -0.4 is 5.32 Å². The highest BCUT2D eigenvalue weighted by Crippen LogP contribution is 2.19. The van der Waals surface area contributed by atoms with E-state index in [0.29, 0.717) is 13.1 Å². The fourth-order valence-corrected chi connectivity index (χ4v) is 3.06. The zero-order chi connectivity index (χ0) is 16.2. The van der Waals surface area contributed by atoms with E-state index >= 15 is 0 Å². The number of hydrogen-bond acceptors (Lipinski definition) is 4. The van der Waals surface area contributed by atoms with Crippen molar-refractivity contribution in [2.75, 3.05) is 20.2 Å². The van der Waals surface area contributed by atoms with Crippen molar-refractivity contribution in [1.29, 1.82) is 0 Å². The lowest BCUT2D eigenvalue weighted by Crippen LogP contribution is -2.47. The molecule has 6 heteroatoms. The van der Waals surface area contributed by atoms with E-state index in [-0.39, 0.29) is 18.0 Å². The smallest absolute Gasteiger partial charge is 0.409 e. The summed E-state index contributed by atoms with van der Waals surface area (Å²) in [6, 6.07) is 6.84. The normalized spacial score (nSPS) is 18.2. The third-order valence-electron chi connectivity index (χ3n) is 4.18. The molecule has 0 unspecified atom stereocenters. The van der Waals surface area contributed by atoms with Crippen LogP contribution in [-0.2, 0) is 11.3 Å². The highest BCUT2D eigenvalue weighted by Gasteiger charge is 2.23. The number of carbonyl (C=O) groups excluding carboxylic acids is 1. The van der Waals surface area contributed by atoms with E-state index in [2.05, 4.69) is 10.3 Å². The maximum absolute atomic E-state index is 13.8. The average Bonchev–Trinajstić information content (AvgIpc) is 2.59. The number of pyridine rings is 1. The average molecular weight is 317 g/mol. The van der Waals surface area contributed by atoms with Gasteiger partial charge >= 0.3 is 6.09 Å². The van der Waals surface area contributed by atoms with Gasteiger partial charge in [0.05, 0.1) is 12.6 Å². The number of hydrogen-bond donors (Lipinski definition) is 1. The number of ether oxygens (including phenoxy) is 1. The third-order valence-corrected chi connectivity index (χ3v) is 4.18. The van der Waals surface area contributed by atoms with Crippen LogP contribution in [0, 0.1) is 5.82 Å². The van der Waals surface area contributed by atoms with Crippen molar-refractivity contribution in [2.24, 2.45) is 0 Å². The standard InChI is InChI=1S/C17H20FN3O2/c1-23-17(22)21-7-3-5-15(11-21)20-10-13-9-14(18)8-12-4-2-6-19-16(12)13/h2,4,6,8-9,15,20H,3,5,7,10-11H2,1H3/t15-/m1/s1. The molecule has 2 aromatic rings. The minimum absolute atomic E-state index is 0.171. The first-order valence-electron chi connectivity index (χ1n) is 7.77. The van der Waals surface area contributed by atoms with Crippen molar-refractivity contribution in [3.8, 4) is 0 Å². The quantitative estimate of drug-likeness (QED) is 0.946. The van der Waals surface area contributed by atoms with E-state index in [1.807, 2.05) is 6.07 Å². The van der Waals surface area contributed by atoms with Crippen molar-refractivity contribution in [1.82, 2.24) is 15.2 Å². The maximum Gasteiger partial charge on any atom is 0.409 e. The summed E-state index contributed by atoms with van der Waals surface area (Å²) in [7, 11) is 1.39. The maximum atomic E-state index is 13.8. The van der Waals surface area contributed by atoms with Crippen LogP contribution in [-0.4, -0.2) is 42.2 Å². The number of aromatic nitrogens is 1. The second kappa shape index (κ2) is 6.91. The molecule has 122 valence electrons. The van der Waals surface area contributed by atoms with Crippen LogP contribution in [0.5, 0.6) is 0 Å². The molecule has 0 radical (unpaired) electrons.